The molecule has 9 heteroatoms. The number of aliphatic carboxylic acids is 1. The molecule has 2 N–H and O–H groups in total. The fraction of sp³-hybridized carbons (Fsp3) is 0.156. The van der Waals surface area contributed by atoms with Crippen LogP contribution in [-0.2, 0) is 16.4 Å². The fourth-order valence-electron chi connectivity index (χ4n) is 4.92. The number of carbonyl (C=O) groups is 1. The molecule has 0 unspecified atom stereocenters. The van der Waals surface area contributed by atoms with Gasteiger partial charge < -0.3 is 14.9 Å². The number of aromatic nitrogens is 2. The molecule has 0 aliphatic heterocycles. The Labute approximate surface area is 233 Å². The lowest BCUT2D eigenvalue weighted by Gasteiger charge is -2.11. The van der Waals surface area contributed by atoms with E-state index in [9.17, 15) is 23.1 Å². The first kappa shape index (κ1) is 26.3. The van der Waals surface area contributed by atoms with Crippen molar-refractivity contribution in [2.24, 2.45) is 0 Å². The monoisotopic (exact) mass is 555 g/mol. The largest absolute Gasteiger partial charge is 0.481 e. The molecule has 0 amide bonds. The number of benzene rings is 3. The van der Waals surface area contributed by atoms with Crippen molar-refractivity contribution in [3.8, 4) is 33.6 Å². The van der Waals surface area contributed by atoms with Gasteiger partial charge in [-0.1, -0.05) is 65.8 Å². The van der Waals surface area contributed by atoms with Gasteiger partial charge in [0, 0.05) is 17.3 Å². The zero-order chi connectivity index (χ0) is 28.8. The number of anilines is 2. The SMILES string of the molecule is Cc1noc(-c2ccc(-c3ccc(C4(C(=O)O)CC4)cc3)cc2)c1Nc1cncc(-c2ccc(C(F)(F)F)cc2)c1. The summed E-state index contributed by atoms with van der Waals surface area (Å²) in [7, 11) is 0. The van der Waals surface area contributed by atoms with Crippen LogP contribution in [0.25, 0.3) is 33.6 Å². The minimum Gasteiger partial charge on any atom is -0.481 e. The molecule has 1 aliphatic carbocycles. The van der Waals surface area contributed by atoms with E-state index in [1.54, 1.807) is 18.5 Å². The summed E-state index contributed by atoms with van der Waals surface area (Å²) in [4.78, 5) is 15.9. The van der Waals surface area contributed by atoms with E-state index in [0.717, 1.165) is 34.4 Å². The van der Waals surface area contributed by atoms with Crippen LogP contribution in [0.4, 0.5) is 24.5 Å². The molecule has 41 heavy (non-hydrogen) atoms. The summed E-state index contributed by atoms with van der Waals surface area (Å²) < 4.78 is 44.5. The van der Waals surface area contributed by atoms with Crippen molar-refractivity contribution in [3.63, 3.8) is 0 Å². The highest BCUT2D eigenvalue weighted by atomic mass is 19.4. The third-order valence-corrected chi connectivity index (χ3v) is 7.49. The van der Waals surface area contributed by atoms with Crippen molar-refractivity contribution in [1.29, 1.82) is 0 Å². The zero-order valence-electron chi connectivity index (χ0n) is 21.9. The number of halogens is 3. The number of carboxylic acids is 1. The maximum Gasteiger partial charge on any atom is 0.416 e. The van der Waals surface area contributed by atoms with Gasteiger partial charge in [0.15, 0.2) is 5.76 Å². The number of carboxylic acid groups (broad SMARTS) is 1. The van der Waals surface area contributed by atoms with E-state index in [4.69, 9.17) is 4.52 Å². The number of hydrogen-bond donors (Lipinski definition) is 2. The molecule has 1 saturated carbocycles. The lowest BCUT2D eigenvalue weighted by molar-refractivity contribution is -0.140. The molecule has 1 aliphatic rings. The standard InChI is InChI=1S/C32H24F3N3O3/c1-19-28(37-27-16-24(17-36-18-27)22-8-12-26(13-9-22)32(33,34)35)29(41-38-19)23-4-2-20(3-5-23)21-6-10-25(11-7-21)31(14-15-31)30(39)40/h2-13,16-18,37H,14-15H2,1H3,(H,39,40). The summed E-state index contributed by atoms with van der Waals surface area (Å²) in [5, 5.41) is 17.0. The molecule has 0 spiro atoms. The van der Waals surface area contributed by atoms with E-state index >= 15 is 0 Å². The normalized spacial score (nSPS) is 14.0. The molecule has 5 aromatic rings. The van der Waals surface area contributed by atoms with Crippen molar-refractivity contribution in [2.75, 3.05) is 5.32 Å². The third kappa shape index (κ3) is 5.06. The number of nitrogens with zero attached hydrogens (tertiary/aromatic N) is 2. The van der Waals surface area contributed by atoms with Crippen LogP contribution < -0.4 is 5.32 Å². The molecule has 2 heterocycles. The average Bonchev–Trinajstić information content (AvgIpc) is 3.72. The lowest BCUT2D eigenvalue weighted by Crippen LogP contribution is -2.19. The van der Waals surface area contributed by atoms with Gasteiger partial charge >= 0.3 is 12.1 Å². The Bertz CT molecular complexity index is 1720. The Morgan fingerprint density at radius 1 is 0.854 bits per heavy atom. The second-order valence-corrected chi connectivity index (χ2v) is 10.2. The van der Waals surface area contributed by atoms with Crippen LogP contribution in [0.5, 0.6) is 0 Å². The molecule has 2 aromatic heterocycles. The number of hydrogen-bond acceptors (Lipinski definition) is 5. The number of aryl methyl sites for hydroxylation is 1. The molecule has 0 saturated heterocycles. The van der Waals surface area contributed by atoms with Gasteiger partial charge in [-0.2, -0.15) is 13.2 Å². The van der Waals surface area contributed by atoms with E-state index in [1.807, 2.05) is 55.5 Å². The van der Waals surface area contributed by atoms with Crippen molar-refractivity contribution >= 4 is 17.3 Å². The number of pyridine rings is 1. The zero-order valence-corrected chi connectivity index (χ0v) is 21.9. The average molecular weight is 556 g/mol. The van der Waals surface area contributed by atoms with E-state index in [2.05, 4.69) is 15.5 Å². The quantitative estimate of drug-likeness (QED) is 0.210. The summed E-state index contributed by atoms with van der Waals surface area (Å²) in [6.07, 6.45) is 0.142. The maximum absolute atomic E-state index is 12.9. The molecule has 3 aromatic carbocycles. The number of nitrogens with one attached hydrogen (secondary N) is 1. The summed E-state index contributed by atoms with van der Waals surface area (Å²) >= 11 is 0. The van der Waals surface area contributed by atoms with Gasteiger partial charge in [-0.25, -0.2) is 0 Å². The highest BCUT2D eigenvalue weighted by Gasteiger charge is 2.51. The molecule has 6 nitrogen and oxygen atoms in total. The van der Waals surface area contributed by atoms with Crippen LogP contribution in [0.1, 0.15) is 29.7 Å². The Morgan fingerprint density at radius 2 is 1.41 bits per heavy atom. The predicted molar refractivity (Wildman–Crippen MR) is 149 cm³/mol. The van der Waals surface area contributed by atoms with Gasteiger partial charge in [-0.05, 0) is 60.2 Å². The first-order valence-corrected chi connectivity index (χ1v) is 12.9. The van der Waals surface area contributed by atoms with Gasteiger partial charge in [0.2, 0.25) is 0 Å². The fourth-order valence-corrected chi connectivity index (χ4v) is 4.92. The minimum absolute atomic E-state index is 0.529. The molecule has 1 fully saturated rings. The molecule has 206 valence electrons. The van der Waals surface area contributed by atoms with Crippen molar-refractivity contribution in [3.05, 3.63) is 108 Å². The van der Waals surface area contributed by atoms with Crippen LogP contribution in [0.2, 0.25) is 0 Å². The summed E-state index contributed by atoms with van der Waals surface area (Å²) in [6, 6.07) is 22.2. The van der Waals surface area contributed by atoms with Gasteiger partial charge in [-0.3, -0.25) is 9.78 Å². The smallest absolute Gasteiger partial charge is 0.416 e. The highest BCUT2D eigenvalue weighted by molar-refractivity contribution is 5.85. The maximum atomic E-state index is 12.9. The second kappa shape index (κ2) is 9.92. The summed E-state index contributed by atoms with van der Waals surface area (Å²) in [6.45, 7) is 1.81. The summed E-state index contributed by atoms with van der Waals surface area (Å²) in [5.74, 6) is -0.245. The van der Waals surface area contributed by atoms with Gasteiger partial charge in [0.25, 0.3) is 0 Å². The third-order valence-electron chi connectivity index (χ3n) is 7.49. The highest BCUT2D eigenvalue weighted by Crippen LogP contribution is 2.48. The van der Waals surface area contributed by atoms with E-state index in [0.29, 0.717) is 46.8 Å². The van der Waals surface area contributed by atoms with Crippen molar-refractivity contribution in [1.82, 2.24) is 10.1 Å². The van der Waals surface area contributed by atoms with E-state index in [1.165, 1.54) is 12.1 Å². The van der Waals surface area contributed by atoms with Crippen LogP contribution in [0.3, 0.4) is 0 Å². The second-order valence-electron chi connectivity index (χ2n) is 10.2. The number of rotatable bonds is 7. The molecule has 0 radical (unpaired) electrons. The Morgan fingerprint density at radius 3 is 2.00 bits per heavy atom. The van der Waals surface area contributed by atoms with E-state index in [-0.39, 0.29) is 0 Å². The van der Waals surface area contributed by atoms with Crippen LogP contribution in [0, 0.1) is 6.92 Å². The van der Waals surface area contributed by atoms with Gasteiger partial charge in [0.1, 0.15) is 11.4 Å². The van der Waals surface area contributed by atoms with E-state index < -0.39 is 23.1 Å². The minimum atomic E-state index is -4.40. The Hall–Kier alpha value is -4.92. The van der Waals surface area contributed by atoms with Gasteiger partial charge in [-0.15, -0.1) is 0 Å². The predicted octanol–water partition coefficient (Wildman–Crippen LogP) is 8.26. The van der Waals surface area contributed by atoms with Crippen molar-refractivity contribution < 1.29 is 27.6 Å². The first-order chi connectivity index (χ1) is 19.6. The summed E-state index contributed by atoms with van der Waals surface area (Å²) in [5.41, 5.74) is 5.30. The van der Waals surface area contributed by atoms with Crippen molar-refractivity contribution in [2.45, 2.75) is 31.4 Å². The number of alkyl halides is 3. The lowest BCUT2D eigenvalue weighted by atomic mass is 9.93. The van der Waals surface area contributed by atoms with Gasteiger partial charge in [0.05, 0.1) is 22.9 Å². The molecule has 6 rings (SSSR count). The van der Waals surface area contributed by atoms with Crippen LogP contribution in [0.15, 0.2) is 95.8 Å². The molecular formula is C32H24F3N3O3. The first-order valence-electron chi connectivity index (χ1n) is 12.9. The Balaban J connectivity index is 1.22. The Kier molecular flexibility index (Phi) is 6.37. The topological polar surface area (TPSA) is 88.2 Å². The van der Waals surface area contributed by atoms with Crippen LogP contribution in [-0.4, -0.2) is 21.2 Å². The molecule has 0 bridgehead atoms. The molecular weight excluding hydrogens is 531 g/mol. The molecule has 0 atom stereocenters. The van der Waals surface area contributed by atoms with Crippen LogP contribution >= 0.6 is 0 Å².